The summed E-state index contributed by atoms with van der Waals surface area (Å²) in [6.07, 6.45) is 0. The quantitative estimate of drug-likeness (QED) is 0.744. The summed E-state index contributed by atoms with van der Waals surface area (Å²) < 4.78 is 6.42. The van der Waals surface area contributed by atoms with E-state index in [0.717, 1.165) is 21.2 Å². The van der Waals surface area contributed by atoms with Crippen LogP contribution in [0.3, 0.4) is 0 Å². The molecule has 3 nitrogen and oxygen atoms in total. The van der Waals surface area contributed by atoms with Gasteiger partial charge in [0.05, 0.1) is 5.56 Å². The van der Waals surface area contributed by atoms with Crippen molar-refractivity contribution in [3.8, 4) is 22.5 Å². The lowest BCUT2D eigenvalue weighted by atomic mass is 10.0. The van der Waals surface area contributed by atoms with Gasteiger partial charge in [-0.15, -0.1) is 0 Å². The van der Waals surface area contributed by atoms with Gasteiger partial charge in [0.1, 0.15) is 0 Å². The molecule has 2 N–H and O–H groups in total. The normalized spacial score (nSPS) is 10.7. The predicted molar refractivity (Wildman–Crippen MR) is 84.2 cm³/mol. The highest BCUT2D eigenvalue weighted by Gasteiger charge is 2.17. The molecular formula is C16H13BrN2O. The second kappa shape index (κ2) is 5.13. The summed E-state index contributed by atoms with van der Waals surface area (Å²) in [6.45, 7) is 2.05. The molecule has 0 atom stereocenters. The fourth-order valence-corrected chi connectivity index (χ4v) is 2.53. The Morgan fingerprint density at radius 2 is 1.80 bits per heavy atom. The summed E-state index contributed by atoms with van der Waals surface area (Å²) in [5.41, 5.74) is 9.95. The monoisotopic (exact) mass is 328 g/mol. The topological polar surface area (TPSA) is 52.0 Å². The molecule has 0 bridgehead atoms. The van der Waals surface area contributed by atoms with Crippen LogP contribution >= 0.6 is 15.9 Å². The zero-order chi connectivity index (χ0) is 14.1. The minimum absolute atomic E-state index is 0.402. The van der Waals surface area contributed by atoms with Gasteiger partial charge < -0.3 is 10.3 Å². The molecule has 3 aromatic rings. The van der Waals surface area contributed by atoms with Crippen molar-refractivity contribution in [2.45, 2.75) is 6.92 Å². The lowest BCUT2D eigenvalue weighted by Gasteiger charge is -2.04. The van der Waals surface area contributed by atoms with E-state index in [1.807, 2.05) is 55.5 Å². The lowest BCUT2D eigenvalue weighted by Crippen LogP contribution is -1.89. The maximum Gasteiger partial charge on any atom is 0.176 e. The molecule has 0 spiro atoms. The Labute approximate surface area is 125 Å². The number of anilines is 1. The highest BCUT2D eigenvalue weighted by molar-refractivity contribution is 9.10. The average molecular weight is 329 g/mol. The number of benzene rings is 2. The highest BCUT2D eigenvalue weighted by atomic mass is 79.9. The first-order valence-electron chi connectivity index (χ1n) is 6.23. The van der Waals surface area contributed by atoms with Crippen LogP contribution in [0.4, 0.5) is 5.82 Å². The van der Waals surface area contributed by atoms with Crippen molar-refractivity contribution in [2.24, 2.45) is 0 Å². The van der Waals surface area contributed by atoms with Gasteiger partial charge in [0.15, 0.2) is 11.6 Å². The van der Waals surface area contributed by atoms with Crippen LogP contribution in [-0.4, -0.2) is 5.16 Å². The van der Waals surface area contributed by atoms with Crippen LogP contribution in [0, 0.1) is 6.92 Å². The van der Waals surface area contributed by atoms with Crippen molar-refractivity contribution in [3.63, 3.8) is 0 Å². The Bertz CT molecular complexity index is 747. The van der Waals surface area contributed by atoms with Gasteiger partial charge in [-0.3, -0.25) is 0 Å². The molecule has 100 valence electrons. The van der Waals surface area contributed by atoms with E-state index in [1.165, 1.54) is 5.56 Å². The Kier molecular flexibility index (Phi) is 3.32. The number of rotatable bonds is 2. The van der Waals surface area contributed by atoms with Gasteiger partial charge >= 0.3 is 0 Å². The van der Waals surface area contributed by atoms with E-state index in [2.05, 4.69) is 21.1 Å². The van der Waals surface area contributed by atoms with E-state index in [0.29, 0.717) is 11.6 Å². The van der Waals surface area contributed by atoms with E-state index in [-0.39, 0.29) is 0 Å². The summed E-state index contributed by atoms with van der Waals surface area (Å²) in [5.74, 6) is 1.10. The Morgan fingerprint density at radius 1 is 1.05 bits per heavy atom. The summed E-state index contributed by atoms with van der Waals surface area (Å²) in [6, 6.07) is 16.0. The number of nitrogen functional groups attached to an aromatic ring is 1. The van der Waals surface area contributed by atoms with Gasteiger partial charge in [0.25, 0.3) is 0 Å². The van der Waals surface area contributed by atoms with Crippen LogP contribution in [0.2, 0.25) is 0 Å². The van der Waals surface area contributed by atoms with E-state index < -0.39 is 0 Å². The molecule has 20 heavy (non-hydrogen) atoms. The molecule has 0 aliphatic rings. The van der Waals surface area contributed by atoms with Gasteiger partial charge in [0.2, 0.25) is 0 Å². The maximum absolute atomic E-state index is 5.97. The minimum Gasteiger partial charge on any atom is -0.380 e. The third kappa shape index (κ3) is 2.34. The molecule has 2 aromatic carbocycles. The molecule has 0 saturated heterocycles. The van der Waals surface area contributed by atoms with Crippen LogP contribution in [0.15, 0.2) is 57.5 Å². The first-order valence-corrected chi connectivity index (χ1v) is 7.02. The molecule has 4 heteroatoms. The van der Waals surface area contributed by atoms with E-state index in [9.17, 15) is 0 Å². The molecule has 0 fully saturated rings. The summed E-state index contributed by atoms with van der Waals surface area (Å²) in [7, 11) is 0. The highest BCUT2D eigenvalue weighted by Crippen LogP contribution is 2.37. The van der Waals surface area contributed by atoms with E-state index in [1.54, 1.807) is 0 Å². The zero-order valence-corrected chi connectivity index (χ0v) is 12.5. The molecule has 1 aromatic heterocycles. The maximum atomic E-state index is 5.97. The minimum atomic E-state index is 0.402. The van der Waals surface area contributed by atoms with Crippen molar-refractivity contribution in [1.29, 1.82) is 0 Å². The molecule has 0 aliphatic heterocycles. The third-order valence-electron chi connectivity index (χ3n) is 3.15. The largest absolute Gasteiger partial charge is 0.380 e. The molecule has 1 heterocycles. The SMILES string of the molecule is Cc1ccc(-c2onc(N)c2-c2cccc(Br)c2)cc1. The average Bonchev–Trinajstić information content (AvgIpc) is 2.81. The number of nitrogens with two attached hydrogens (primary N) is 1. The van der Waals surface area contributed by atoms with E-state index in [4.69, 9.17) is 10.3 Å². The number of aromatic nitrogens is 1. The van der Waals surface area contributed by atoms with Gasteiger partial charge in [-0.2, -0.15) is 0 Å². The van der Waals surface area contributed by atoms with Crippen molar-refractivity contribution in [3.05, 3.63) is 58.6 Å². The van der Waals surface area contributed by atoms with Gasteiger partial charge in [-0.1, -0.05) is 63.0 Å². The van der Waals surface area contributed by atoms with Crippen LogP contribution in [-0.2, 0) is 0 Å². The second-order valence-electron chi connectivity index (χ2n) is 4.65. The first kappa shape index (κ1) is 12.9. The fourth-order valence-electron chi connectivity index (χ4n) is 2.13. The number of hydrogen-bond donors (Lipinski definition) is 1. The third-order valence-corrected chi connectivity index (χ3v) is 3.64. The van der Waals surface area contributed by atoms with Crippen molar-refractivity contribution in [2.75, 3.05) is 5.73 Å². The molecule has 0 unspecified atom stereocenters. The molecule has 0 aliphatic carbocycles. The van der Waals surface area contributed by atoms with Gasteiger partial charge in [-0.05, 0) is 24.6 Å². The standard InChI is InChI=1S/C16H13BrN2O/c1-10-5-7-11(8-6-10)15-14(16(18)19-20-15)12-3-2-4-13(17)9-12/h2-9H,1H3,(H2,18,19). The first-order chi connectivity index (χ1) is 9.65. The molecule has 0 amide bonds. The van der Waals surface area contributed by atoms with Crippen LogP contribution in [0.5, 0.6) is 0 Å². The smallest absolute Gasteiger partial charge is 0.176 e. The Hall–Kier alpha value is -2.07. The van der Waals surface area contributed by atoms with Gasteiger partial charge in [0, 0.05) is 10.0 Å². The molecule has 3 rings (SSSR count). The van der Waals surface area contributed by atoms with Gasteiger partial charge in [-0.25, -0.2) is 0 Å². The van der Waals surface area contributed by atoms with Crippen LogP contribution in [0.25, 0.3) is 22.5 Å². The number of halogens is 1. The summed E-state index contributed by atoms with van der Waals surface area (Å²) in [4.78, 5) is 0. The number of hydrogen-bond acceptors (Lipinski definition) is 3. The Morgan fingerprint density at radius 3 is 2.50 bits per heavy atom. The predicted octanol–water partition coefficient (Wildman–Crippen LogP) is 4.66. The zero-order valence-electron chi connectivity index (χ0n) is 10.9. The number of nitrogens with zero attached hydrogens (tertiary/aromatic N) is 1. The summed E-state index contributed by atoms with van der Waals surface area (Å²) >= 11 is 3.47. The van der Waals surface area contributed by atoms with Crippen molar-refractivity contribution in [1.82, 2.24) is 5.16 Å². The molecular weight excluding hydrogens is 316 g/mol. The molecule has 0 radical (unpaired) electrons. The Balaban J connectivity index is 2.17. The van der Waals surface area contributed by atoms with E-state index >= 15 is 0 Å². The number of aryl methyl sites for hydroxylation is 1. The fraction of sp³-hybridized carbons (Fsp3) is 0.0625. The lowest BCUT2D eigenvalue weighted by molar-refractivity contribution is 0.436. The second-order valence-corrected chi connectivity index (χ2v) is 5.56. The van der Waals surface area contributed by atoms with Crippen molar-refractivity contribution >= 4 is 21.7 Å². The van der Waals surface area contributed by atoms with Crippen molar-refractivity contribution < 1.29 is 4.52 Å². The summed E-state index contributed by atoms with van der Waals surface area (Å²) in [5, 5.41) is 3.91. The van der Waals surface area contributed by atoms with Crippen LogP contribution < -0.4 is 5.73 Å². The van der Waals surface area contributed by atoms with Crippen LogP contribution in [0.1, 0.15) is 5.56 Å². The molecule has 0 saturated carbocycles.